The van der Waals surface area contributed by atoms with Gasteiger partial charge in [0.1, 0.15) is 22.6 Å². The lowest BCUT2D eigenvalue weighted by Gasteiger charge is -2.11. The Kier molecular flexibility index (Phi) is 4.73. The zero-order chi connectivity index (χ0) is 17.9. The van der Waals surface area contributed by atoms with Crippen molar-refractivity contribution in [3.05, 3.63) is 71.6 Å². The summed E-state index contributed by atoms with van der Waals surface area (Å²) < 4.78 is 6.93. The Bertz CT molecular complexity index is 1080. The molecule has 0 saturated heterocycles. The maximum Gasteiger partial charge on any atom is 0.247 e. The molecule has 2 aromatic heterocycles. The number of pyridine rings is 1. The quantitative estimate of drug-likeness (QED) is 0.447. The van der Waals surface area contributed by atoms with Gasteiger partial charge in [0.25, 0.3) is 0 Å². The van der Waals surface area contributed by atoms with Crippen LogP contribution in [0.5, 0.6) is 11.6 Å². The van der Waals surface area contributed by atoms with Gasteiger partial charge in [0.05, 0.1) is 0 Å². The molecule has 0 amide bonds. The van der Waals surface area contributed by atoms with Crippen molar-refractivity contribution >= 4 is 44.3 Å². The van der Waals surface area contributed by atoms with E-state index in [1.807, 2.05) is 54.6 Å². The molecule has 2 heterocycles. The highest BCUT2D eigenvalue weighted by atomic mass is 79.9. The molecule has 0 fully saturated rings. The van der Waals surface area contributed by atoms with Crippen LogP contribution in [0.3, 0.4) is 0 Å². The highest BCUT2D eigenvalue weighted by Crippen LogP contribution is 2.37. The van der Waals surface area contributed by atoms with Crippen LogP contribution in [-0.2, 0) is 0 Å². The largest absolute Gasteiger partial charge is 0.435 e. The van der Waals surface area contributed by atoms with Crippen LogP contribution in [0.1, 0.15) is 0 Å². The molecule has 0 aliphatic heterocycles. The van der Waals surface area contributed by atoms with Gasteiger partial charge >= 0.3 is 0 Å². The van der Waals surface area contributed by atoms with Gasteiger partial charge in [-0.15, -0.1) is 0 Å². The van der Waals surface area contributed by atoms with E-state index in [9.17, 15) is 0 Å². The molecule has 0 spiro atoms. The summed E-state index contributed by atoms with van der Waals surface area (Å²) in [5.41, 5.74) is 7.38. The number of nitrogen functional groups attached to an aromatic ring is 1. The third-order valence-electron chi connectivity index (χ3n) is 3.65. The zero-order valence-electron chi connectivity index (χ0n) is 13.5. The smallest absolute Gasteiger partial charge is 0.247 e. The molecule has 5 nitrogen and oxygen atoms in total. The van der Waals surface area contributed by atoms with E-state index in [2.05, 4.69) is 30.9 Å². The minimum Gasteiger partial charge on any atom is -0.435 e. The van der Waals surface area contributed by atoms with E-state index in [0.29, 0.717) is 22.3 Å². The van der Waals surface area contributed by atoms with Crippen LogP contribution in [0.4, 0.5) is 5.69 Å². The number of ether oxygens (including phenoxy) is 1. The highest BCUT2D eigenvalue weighted by Gasteiger charge is 2.14. The summed E-state index contributed by atoms with van der Waals surface area (Å²) in [5.74, 6) is 0.901. The molecule has 0 aliphatic rings. The number of aromatic nitrogens is 3. The molecule has 0 aliphatic carbocycles. The number of halogens is 1. The molecule has 7 heteroatoms. The van der Waals surface area contributed by atoms with Gasteiger partial charge in [-0.25, -0.2) is 4.98 Å². The number of fused-ring (bicyclic) bond motifs is 1. The Hall–Kier alpha value is -2.64. The zero-order valence-corrected chi connectivity index (χ0v) is 15.9. The minimum atomic E-state index is 0.313. The summed E-state index contributed by atoms with van der Waals surface area (Å²) >= 11 is 5.00. The van der Waals surface area contributed by atoms with Gasteiger partial charge in [0.15, 0.2) is 5.75 Å². The summed E-state index contributed by atoms with van der Waals surface area (Å²) in [6.07, 6.45) is 3.17. The average Bonchev–Trinajstić information content (AvgIpc) is 2.68. The Morgan fingerprint density at radius 2 is 1.77 bits per heavy atom. The molecular formula is C19H13BrN4OS. The summed E-state index contributed by atoms with van der Waals surface area (Å²) in [5, 5.41) is 1.60. The standard InChI is InChI=1S/C19H13BrN4OS/c20-14-8-9-15(17-13(14)7-4-10-22-17)25-18-16(21)19(24-11-23-18)26-12-5-2-1-3-6-12/h1-11H,21H2. The molecule has 0 saturated carbocycles. The predicted octanol–water partition coefficient (Wildman–Crippen LogP) is 5.31. The van der Waals surface area contributed by atoms with E-state index < -0.39 is 0 Å². The molecule has 0 radical (unpaired) electrons. The van der Waals surface area contributed by atoms with Crippen LogP contribution in [-0.4, -0.2) is 15.0 Å². The number of anilines is 1. The third kappa shape index (κ3) is 3.36. The van der Waals surface area contributed by atoms with Crippen LogP contribution >= 0.6 is 27.7 Å². The van der Waals surface area contributed by atoms with E-state index in [1.54, 1.807) is 6.20 Å². The van der Waals surface area contributed by atoms with E-state index in [4.69, 9.17) is 10.5 Å². The van der Waals surface area contributed by atoms with Crippen molar-refractivity contribution in [2.75, 3.05) is 5.73 Å². The lowest BCUT2D eigenvalue weighted by Crippen LogP contribution is -1.99. The topological polar surface area (TPSA) is 73.9 Å². The van der Waals surface area contributed by atoms with Gasteiger partial charge in [0.2, 0.25) is 5.88 Å². The Balaban J connectivity index is 1.70. The van der Waals surface area contributed by atoms with Crippen LogP contribution in [0.2, 0.25) is 0 Å². The van der Waals surface area contributed by atoms with Crippen molar-refractivity contribution in [2.45, 2.75) is 9.92 Å². The second kappa shape index (κ2) is 7.31. The van der Waals surface area contributed by atoms with Crippen molar-refractivity contribution in [1.29, 1.82) is 0 Å². The van der Waals surface area contributed by atoms with Gasteiger partial charge in [-0.1, -0.05) is 52.0 Å². The van der Waals surface area contributed by atoms with Crippen LogP contribution in [0.15, 0.2) is 81.5 Å². The van der Waals surface area contributed by atoms with Gasteiger partial charge in [-0.3, -0.25) is 4.98 Å². The summed E-state index contributed by atoms with van der Waals surface area (Å²) in [4.78, 5) is 13.9. The molecule has 4 rings (SSSR count). The van der Waals surface area contributed by atoms with Gasteiger partial charge in [-0.2, -0.15) is 4.98 Å². The lowest BCUT2D eigenvalue weighted by atomic mass is 10.2. The summed E-state index contributed by atoms with van der Waals surface area (Å²) in [6.45, 7) is 0. The number of rotatable bonds is 4. The lowest BCUT2D eigenvalue weighted by molar-refractivity contribution is 0.466. The van der Waals surface area contributed by atoms with Gasteiger partial charge in [0, 0.05) is 21.0 Å². The number of benzene rings is 2. The first-order valence-corrected chi connectivity index (χ1v) is 9.38. The predicted molar refractivity (Wildman–Crippen MR) is 107 cm³/mol. The van der Waals surface area contributed by atoms with Crippen LogP contribution < -0.4 is 10.5 Å². The number of nitrogens with two attached hydrogens (primary N) is 1. The molecule has 2 N–H and O–H groups in total. The van der Waals surface area contributed by atoms with Crippen molar-refractivity contribution < 1.29 is 4.74 Å². The Morgan fingerprint density at radius 3 is 2.62 bits per heavy atom. The Labute approximate surface area is 162 Å². The molecule has 0 atom stereocenters. The highest BCUT2D eigenvalue weighted by molar-refractivity contribution is 9.10. The Morgan fingerprint density at radius 1 is 0.923 bits per heavy atom. The fourth-order valence-electron chi connectivity index (χ4n) is 2.43. The van der Waals surface area contributed by atoms with Crippen molar-refractivity contribution in [2.24, 2.45) is 0 Å². The second-order valence-electron chi connectivity index (χ2n) is 5.36. The minimum absolute atomic E-state index is 0.313. The average molecular weight is 425 g/mol. The van der Waals surface area contributed by atoms with E-state index in [-0.39, 0.29) is 0 Å². The van der Waals surface area contributed by atoms with Crippen LogP contribution in [0, 0.1) is 0 Å². The number of nitrogens with zero attached hydrogens (tertiary/aromatic N) is 3. The fourth-order valence-corrected chi connectivity index (χ4v) is 3.69. The second-order valence-corrected chi connectivity index (χ2v) is 7.28. The van der Waals surface area contributed by atoms with Crippen molar-refractivity contribution in [3.63, 3.8) is 0 Å². The fraction of sp³-hybridized carbons (Fsp3) is 0. The first kappa shape index (κ1) is 16.8. The first-order chi connectivity index (χ1) is 12.7. The molecular weight excluding hydrogens is 412 g/mol. The van der Waals surface area contributed by atoms with Crippen LogP contribution in [0.25, 0.3) is 10.9 Å². The first-order valence-electron chi connectivity index (χ1n) is 7.77. The van der Waals surface area contributed by atoms with E-state index in [1.165, 1.54) is 18.1 Å². The molecule has 128 valence electrons. The molecule has 2 aromatic carbocycles. The van der Waals surface area contributed by atoms with Gasteiger partial charge < -0.3 is 10.5 Å². The van der Waals surface area contributed by atoms with Crippen molar-refractivity contribution in [1.82, 2.24) is 15.0 Å². The van der Waals surface area contributed by atoms with Gasteiger partial charge in [-0.05, 0) is 30.3 Å². The maximum atomic E-state index is 6.25. The summed E-state index contributed by atoms with van der Waals surface area (Å²) in [7, 11) is 0. The SMILES string of the molecule is Nc1c(Oc2ccc(Br)c3cccnc23)ncnc1Sc1ccccc1. The van der Waals surface area contributed by atoms with Crippen molar-refractivity contribution in [3.8, 4) is 11.6 Å². The monoisotopic (exact) mass is 424 g/mol. The third-order valence-corrected chi connectivity index (χ3v) is 5.37. The molecule has 0 bridgehead atoms. The van der Waals surface area contributed by atoms with E-state index in [0.717, 1.165) is 20.3 Å². The van der Waals surface area contributed by atoms with E-state index >= 15 is 0 Å². The maximum absolute atomic E-state index is 6.25. The normalized spacial score (nSPS) is 10.8. The number of hydrogen-bond acceptors (Lipinski definition) is 6. The number of hydrogen-bond donors (Lipinski definition) is 1. The molecule has 0 unspecified atom stereocenters. The summed E-state index contributed by atoms with van der Waals surface area (Å²) in [6, 6.07) is 17.5. The molecule has 26 heavy (non-hydrogen) atoms. The molecule has 4 aromatic rings.